The van der Waals surface area contributed by atoms with Gasteiger partial charge in [-0.15, -0.1) is 5.54 Å². The van der Waals surface area contributed by atoms with Gasteiger partial charge in [0, 0.05) is 17.9 Å². The van der Waals surface area contributed by atoms with Crippen LogP contribution in [-0.2, 0) is 0 Å². The van der Waals surface area contributed by atoms with Crippen molar-refractivity contribution in [1.29, 1.82) is 0 Å². The van der Waals surface area contributed by atoms with E-state index in [0.717, 1.165) is 5.56 Å². The van der Waals surface area contributed by atoms with Crippen molar-refractivity contribution in [3.8, 4) is 11.5 Å². The number of carbonyl (C=O) groups excluding carboxylic acids is 1. The Bertz CT molecular complexity index is 873. The van der Waals surface area contributed by atoms with E-state index in [1.807, 2.05) is 48.5 Å². The molecule has 0 aliphatic carbocycles. The number of ketones is 1. The third kappa shape index (κ3) is 7.11. The van der Waals surface area contributed by atoms with Crippen molar-refractivity contribution in [2.24, 2.45) is 0 Å². The zero-order valence-corrected chi connectivity index (χ0v) is 20.0. The van der Waals surface area contributed by atoms with Crippen LogP contribution >= 0.6 is 0 Å². The first kappa shape index (κ1) is 22.1. The normalized spacial score (nSPS) is 13.4. The van der Waals surface area contributed by atoms with E-state index < -0.39 is 16.1 Å². The average molecular weight is 405 g/mol. The lowest BCUT2D eigenvalue weighted by atomic mass is 9.91. The van der Waals surface area contributed by atoms with Crippen LogP contribution in [0.2, 0.25) is 39.3 Å². The minimum absolute atomic E-state index is 0.0477. The van der Waals surface area contributed by atoms with E-state index in [2.05, 4.69) is 69.0 Å². The lowest BCUT2D eigenvalue weighted by Gasteiger charge is -2.21. The maximum atomic E-state index is 12.9. The van der Waals surface area contributed by atoms with E-state index in [0.29, 0.717) is 6.42 Å². The summed E-state index contributed by atoms with van der Waals surface area (Å²) in [7, 11) is -3.07. The van der Waals surface area contributed by atoms with Crippen molar-refractivity contribution in [2.45, 2.75) is 51.6 Å². The highest BCUT2D eigenvalue weighted by Crippen LogP contribution is 2.27. The van der Waals surface area contributed by atoms with Gasteiger partial charge in [-0.2, -0.15) is 0 Å². The molecule has 2 rings (SSSR count). The highest BCUT2D eigenvalue weighted by atomic mass is 28.3. The quantitative estimate of drug-likeness (QED) is 0.296. The molecular weight excluding hydrogens is 372 g/mol. The molecule has 0 bridgehead atoms. The number of allylic oxidation sites excluding steroid dienone is 2. The number of rotatable bonds is 6. The van der Waals surface area contributed by atoms with Crippen LogP contribution in [0.25, 0.3) is 0 Å². The standard InChI is InChI=1S/C25H32OSi2/c1-27(2,3)18-17-24(28(4,5)6)19-23(21-13-9-7-10-14-21)20-25(26)22-15-11-8-12-16-22/h7-16,19,23H,20H2,1-6H3/b24-19+. The predicted molar refractivity (Wildman–Crippen MR) is 127 cm³/mol. The first-order valence-corrected chi connectivity index (χ1v) is 16.9. The third-order valence-electron chi connectivity index (χ3n) is 4.48. The summed E-state index contributed by atoms with van der Waals surface area (Å²) in [5, 5.41) is 1.25. The molecule has 1 unspecified atom stereocenters. The van der Waals surface area contributed by atoms with Crippen molar-refractivity contribution in [1.82, 2.24) is 0 Å². The van der Waals surface area contributed by atoms with Crippen LogP contribution in [0.4, 0.5) is 0 Å². The fraction of sp³-hybridized carbons (Fsp3) is 0.320. The van der Waals surface area contributed by atoms with E-state index in [-0.39, 0.29) is 11.7 Å². The molecular formula is C25H32OSi2. The molecule has 0 amide bonds. The Hall–Kier alpha value is -2.16. The summed E-state index contributed by atoms with van der Waals surface area (Å²) in [6, 6.07) is 19.9. The summed E-state index contributed by atoms with van der Waals surface area (Å²) in [6.07, 6.45) is 2.76. The molecule has 0 saturated carbocycles. The van der Waals surface area contributed by atoms with E-state index in [1.165, 1.54) is 10.8 Å². The Labute approximate surface area is 172 Å². The van der Waals surface area contributed by atoms with Crippen LogP contribution in [0, 0.1) is 11.5 Å². The number of hydrogen-bond acceptors (Lipinski definition) is 1. The maximum Gasteiger partial charge on any atom is 0.163 e. The molecule has 0 radical (unpaired) electrons. The molecule has 146 valence electrons. The molecule has 1 nitrogen and oxygen atoms in total. The highest BCUT2D eigenvalue weighted by Gasteiger charge is 2.23. The monoisotopic (exact) mass is 404 g/mol. The van der Waals surface area contributed by atoms with Crippen molar-refractivity contribution >= 4 is 21.9 Å². The van der Waals surface area contributed by atoms with Gasteiger partial charge in [-0.3, -0.25) is 4.79 Å². The van der Waals surface area contributed by atoms with Crippen LogP contribution in [0.1, 0.15) is 28.3 Å². The van der Waals surface area contributed by atoms with Crippen LogP contribution in [0.3, 0.4) is 0 Å². The maximum absolute atomic E-state index is 12.9. The van der Waals surface area contributed by atoms with Gasteiger partial charge in [0.15, 0.2) is 5.78 Å². The van der Waals surface area contributed by atoms with Crippen molar-refractivity contribution < 1.29 is 4.79 Å². The molecule has 0 aromatic heterocycles. The molecule has 3 heteroatoms. The summed E-state index contributed by atoms with van der Waals surface area (Å²) < 4.78 is 0. The molecule has 0 N–H and O–H groups in total. The van der Waals surface area contributed by atoms with Gasteiger partial charge in [-0.05, 0) is 10.8 Å². The number of carbonyl (C=O) groups is 1. The van der Waals surface area contributed by atoms with Gasteiger partial charge < -0.3 is 0 Å². The van der Waals surface area contributed by atoms with E-state index in [1.54, 1.807) is 0 Å². The first-order chi connectivity index (χ1) is 13.1. The Morgan fingerprint density at radius 1 is 0.893 bits per heavy atom. The average Bonchev–Trinajstić information content (AvgIpc) is 2.63. The van der Waals surface area contributed by atoms with Gasteiger partial charge in [0.25, 0.3) is 0 Å². The van der Waals surface area contributed by atoms with Crippen molar-refractivity contribution in [2.75, 3.05) is 0 Å². The second kappa shape index (κ2) is 9.36. The molecule has 0 fully saturated rings. The smallest absolute Gasteiger partial charge is 0.163 e. The lowest BCUT2D eigenvalue weighted by Crippen LogP contribution is -2.25. The van der Waals surface area contributed by atoms with Crippen LogP contribution < -0.4 is 0 Å². The number of Topliss-reactive ketones (excluding diaryl/α,β-unsaturated/α-hetero) is 1. The third-order valence-corrected chi connectivity index (χ3v) is 7.26. The Morgan fingerprint density at radius 2 is 1.43 bits per heavy atom. The fourth-order valence-corrected chi connectivity index (χ4v) is 4.62. The van der Waals surface area contributed by atoms with Crippen LogP contribution in [0.5, 0.6) is 0 Å². The van der Waals surface area contributed by atoms with Gasteiger partial charge in [-0.1, -0.05) is 112 Å². The molecule has 2 aromatic rings. The minimum atomic E-state index is -1.61. The second-order valence-corrected chi connectivity index (χ2v) is 19.1. The number of benzene rings is 2. The van der Waals surface area contributed by atoms with E-state index in [4.69, 9.17) is 0 Å². The Balaban J connectivity index is 2.46. The summed E-state index contributed by atoms with van der Waals surface area (Å²) in [5.74, 6) is 3.76. The predicted octanol–water partition coefficient (Wildman–Crippen LogP) is 6.73. The first-order valence-electron chi connectivity index (χ1n) is 9.95. The van der Waals surface area contributed by atoms with E-state index >= 15 is 0 Å². The largest absolute Gasteiger partial charge is 0.294 e. The second-order valence-electron chi connectivity index (χ2n) is 9.34. The lowest BCUT2D eigenvalue weighted by molar-refractivity contribution is 0.0978. The van der Waals surface area contributed by atoms with Gasteiger partial charge in [0.05, 0.1) is 8.07 Å². The molecule has 0 aliphatic heterocycles. The van der Waals surface area contributed by atoms with Crippen molar-refractivity contribution in [3.63, 3.8) is 0 Å². The summed E-state index contributed by atoms with van der Waals surface area (Å²) in [4.78, 5) is 12.9. The molecule has 0 spiro atoms. The fourth-order valence-electron chi connectivity index (χ4n) is 2.85. The van der Waals surface area contributed by atoms with Gasteiger partial charge in [0.1, 0.15) is 8.07 Å². The van der Waals surface area contributed by atoms with E-state index in [9.17, 15) is 4.79 Å². The van der Waals surface area contributed by atoms with Gasteiger partial charge >= 0.3 is 0 Å². The molecule has 0 saturated heterocycles. The highest BCUT2D eigenvalue weighted by molar-refractivity contribution is 6.86. The molecule has 2 aromatic carbocycles. The van der Waals surface area contributed by atoms with Gasteiger partial charge in [0.2, 0.25) is 0 Å². The zero-order chi connectivity index (χ0) is 20.8. The molecule has 1 atom stereocenters. The minimum Gasteiger partial charge on any atom is -0.294 e. The van der Waals surface area contributed by atoms with Crippen LogP contribution in [0.15, 0.2) is 71.9 Å². The Morgan fingerprint density at radius 3 is 1.93 bits per heavy atom. The summed E-state index contributed by atoms with van der Waals surface area (Å²) >= 11 is 0. The SMILES string of the molecule is C[Si](C)(C)C#C/C(=C\C(CC(=O)c1ccccc1)c1ccccc1)[Si](C)(C)C. The summed E-state index contributed by atoms with van der Waals surface area (Å²) in [5.41, 5.74) is 5.50. The molecule has 28 heavy (non-hydrogen) atoms. The molecule has 0 heterocycles. The Kier molecular flexibility index (Phi) is 7.40. The van der Waals surface area contributed by atoms with Crippen LogP contribution in [-0.4, -0.2) is 21.9 Å². The summed E-state index contributed by atoms with van der Waals surface area (Å²) in [6.45, 7) is 13.8. The number of hydrogen-bond donors (Lipinski definition) is 0. The zero-order valence-electron chi connectivity index (χ0n) is 18.0. The topological polar surface area (TPSA) is 17.1 Å². The van der Waals surface area contributed by atoms with Crippen molar-refractivity contribution in [3.05, 3.63) is 83.1 Å². The van der Waals surface area contributed by atoms with Gasteiger partial charge in [-0.25, -0.2) is 0 Å². The molecule has 0 aliphatic rings.